The molecule has 0 aliphatic rings. The van der Waals surface area contributed by atoms with Gasteiger partial charge >= 0.3 is 0 Å². The van der Waals surface area contributed by atoms with E-state index in [4.69, 9.17) is 10.6 Å². The average Bonchev–Trinajstić information content (AvgIpc) is 2.14. The molecule has 0 radical (unpaired) electrons. The summed E-state index contributed by atoms with van der Waals surface area (Å²) in [7, 11) is 1.63. The van der Waals surface area contributed by atoms with Gasteiger partial charge in [-0.2, -0.15) is 5.10 Å². The largest absolute Gasteiger partial charge is 0.378 e. The predicted octanol–water partition coefficient (Wildman–Crippen LogP) is 1.30. The van der Waals surface area contributed by atoms with Crippen molar-refractivity contribution in [3.63, 3.8) is 0 Å². The zero-order valence-electron chi connectivity index (χ0n) is 7.95. The number of nitrogens with zero attached hydrogens (tertiary/aromatic N) is 1. The molecule has 0 heterocycles. The summed E-state index contributed by atoms with van der Waals surface area (Å²) in [5.41, 5.74) is 2.98. The zero-order chi connectivity index (χ0) is 9.68. The zero-order valence-corrected chi connectivity index (χ0v) is 7.95. The molecule has 3 nitrogen and oxygen atoms in total. The Balaban J connectivity index is 2.92. The maximum absolute atomic E-state index is 5.25. The molecule has 0 aromatic heterocycles. The maximum Gasteiger partial charge on any atom is 0.0929 e. The van der Waals surface area contributed by atoms with Gasteiger partial charge in [0.05, 0.1) is 12.3 Å². The predicted molar refractivity (Wildman–Crippen MR) is 53.8 cm³/mol. The molecule has 70 valence electrons. The molecule has 0 aliphatic carbocycles. The first kappa shape index (κ1) is 9.74. The second-order valence-electron chi connectivity index (χ2n) is 2.88. The van der Waals surface area contributed by atoms with Crippen LogP contribution < -0.4 is 5.84 Å². The van der Waals surface area contributed by atoms with Crippen LogP contribution in [-0.4, -0.2) is 19.4 Å². The summed E-state index contributed by atoms with van der Waals surface area (Å²) in [6.07, 6.45) is 0. The van der Waals surface area contributed by atoms with Crippen LogP contribution in [0, 0.1) is 6.92 Å². The summed E-state index contributed by atoms with van der Waals surface area (Å²) in [6, 6.07) is 8.01. The number of aryl methyl sites for hydroxylation is 1. The van der Waals surface area contributed by atoms with Crippen LogP contribution in [0.4, 0.5) is 0 Å². The lowest BCUT2D eigenvalue weighted by atomic mass is 10.1. The fraction of sp³-hybridized carbons (Fsp3) is 0.300. The van der Waals surface area contributed by atoms with Crippen LogP contribution in [-0.2, 0) is 4.74 Å². The number of nitrogens with two attached hydrogens (primary N) is 1. The molecular formula is C10H14N2O. The Bertz CT molecular complexity index is 308. The van der Waals surface area contributed by atoms with Crippen molar-refractivity contribution in [1.29, 1.82) is 0 Å². The van der Waals surface area contributed by atoms with E-state index in [0.29, 0.717) is 6.61 Å². The number of rotatable bonds is 3. The summed E-state index contributed by atoms with van der Waals surface area (Å²) < 4.78 is 4.98. The lowest BCUT2D eigenvalue weighted by Gasteiger charge is -2.04. The molecule has 0 saturated carbocycles. The Morgan fingerprint density at radius 1 is 1.54 bits per heavy atom. The molecule has 2 N–H and O–H groups in total. The van der Waals surface area contributed by atoms with Crippen molar-refractivity contribution in [1.82, 2.24) is 0 Å². The highest BCUT2D eigenvalue weighted by Crippen LogP contribution is 2.05. The van der Waals surface area contributed by atoms with Crippen LogP contribution in [0.3, 0.4) is 0 Å². The Hall–Kier alpha value is -1.35. The number of hydrogen-bond acceptors (Lipinski definition) is 3. The number of hydrogen-bond donors (Lipinski definition) is 1. The molecule has 13 heavy (non-hydrogen) atoms. The van der Waals surface area contributed by atoms with Gasteiger partial charge in [-0.25, -0.2) is 0 Å². The van der Waals surface area contributed by atoms with E-state index in [9.17, 15) is 0 Å². The van der Waals surface area contributed by atoms with Crippen molar-refractivity contribution in [2.45, 2.75) is 6.92 Å². The van der Waals surface area contributed by atoms with Gasteiger partial charge in [0, 0.05) is 12.7 Å². The maximum atomic E-state index is 5.25. The van der Waals surface area contributed by atoms with Gasteiger partial charge in [-0.05, 0) is 6.92 Å². The van der Waals surface area contributed by atoms with Gasteiger partial charge in [-0.15, -0.1) is 0 Å². The number of hydrazone groups is 1. The molecule has 0 saturated heterocycles. The molecular weight excluding hydrogens is 164 g/mol. The normalized spacial score (nSPS) is 11.7. The van der Waals surface area contributed by atoms with E-state index in [1.54, 1.807) is 7.11 Å². The number of methoxy groups -OCH3 is 1. The summed E-state index contributed by atoms with van der Waals surface area (Å²) in [6.45, 7) is 2.48. The highest BCUT2D eigenvalue weighted by Gasteiger charge is 2.01. The molecule has 1 aromatic rings. The first-order chi connectivity index (χ1) is 6.27. The Morgan fingerprint density at radius 3 is 2.85 bits per heavy atom. The standard InChI is InChI=1S/C10H14N2O/c1-8-4-3-5-9(6-8)10(12-11)7-13-2/h3-6H,7,11H2,1-2H3/b12-10+. The van der Waals surface area contributed by atoms with Crippen LogP contribution in [0.25, 0.3) is 0 Å². The highest BCUT2D eigenvalue weighted by molar-refractivity contribution is 6.01. The summed E-state index contributed by atoms with van der Waals surface area (Å²) in [5.74, 6) is 5.25. The molecule has 3 heteroatoms. The van der Waals surface area contributed by atoms with E-state index in [1.807, 2.05) is 31.2 Å². The average molecular weight is 178 g/mol. The third-order valence-electron chi connectivity index (χ3n) is 1.79. The van der Waals surface area contributed by atoms with Crippen molar-refractivity contribution in [2.24, 2.45) is 10.9 Å². The van der Waals surface area contributed by atoms with E-state index in [-0.39, 0.29) is 0 Å². The third-order valence-corrected chi connectivity index (χ3v) is 1.79. The quantitative estimate of drug-likeness (QED) is 0.431. The Morgan fingerprint density at radius 2 is 2.31 bits per heavy atom. The first-order valence-corrected chi connectivity index (χ1v) is 4.10. The minimum Gasteiger partial charge on any atom is -0.378 e. The number of ether oxygens (including phenoxy) is 1. The van der Waals surface area contributed by atoms with E-state index in [0.717, 1.165) is 11.3 Å². The lowest BCUT2D eigenvalue weighted by molar-refractivity contribution is 0.245. The van der Waals surface area contributed by atoms with Gasteiger partial charge < -0.3 is 10.6 Å². The second kappa shape index (κ2) is 4.62. The molecule has 0 unspecified atom stereocenters. The van der Waals surface area contributed by atoms with Gasteiger partial charge in [-0.1, -0.05) is 29.8 Å². The van der Waals surface area contributed by atoms with Gasteiger partial charge in [0.25, 0.3) is 0 Å². The van der Waals surface area contributed by atoms with Crippen molar-refractivity contribution >= 4 is 5.71 Å². The van der Waals surface area contributed by atoms with Crippen molar-refractivity contribution in [3.05, 3.63) is 35.4 Å². The second-order valence-corrected chi connectivity index (χ2v) is 2.88. The van der Waals surface area contributed by atoms with E-state index in [1.165, 1.54) is 5.56 Å². The molecule has 1 aromatic carbocycles. The first-order valence-electron chi connectivity index (χ1n) is 4.10. The number of benzene rings is 1. The van der Waals surface area contributed by atoms with E-state index >= 15 is 0 Å². The smallest absolute Gasteiger partial charge is 0.0929 e. The van der Waals surface area contributed by atoms with Crippen LogP contribution in [0.15, 0.2) is 29.4 Å². The van der Waals surface area contributed by atoms with E-state index < -0.39 is 0 Å². The summed E-state index contributed by atoms with van der Waals surface area (Å²) >= 11 is 0. The lowest BCUT2D eigenvalue weighted by Crippen LogP contribution is -2.11. The fourth-order valence-corrected chi connectivity index (χ4v) is 1.16. The molecule has 0 amide bonds. The van der Waals surface area contributed by atoms with Crippen LogP contribution in [0.1, 0.15) is 11.1 Å². The Labute approximate surface area is 78.2 Å². The molecule has 0 spiro atoms. The molecule has 0 aliphatic heterocycles. The molecule has 1 rings (SSSR count). The van der Waals surface area contributed by atoms with Crippen LogP contribution in [0.5, 0.6) is 0 Å². The molecule has 0 atom stereocenters. The van der Waals surface area contributed by atoms with Crippen LogP contribution >= 0.6 is 0 Å². The summed E-state index contributed by atoms with van der Waals surface area (Å²) in [4.78, 5) is 0. The van der Waals surface area contributed by atoms with Crippen molar-refractivity contribution < 1.29 is 4.74 Å². The van der Waals surface area contributed by atoms with Crippen LogP contribution in [0.2, 0.25) is 0 Å². The van der Waals surface area contributed by atoms with Crippen molar-refractivity contribution in [3.8, 4) is 0 Å². The Kier molecular flexibility index (Phi) is 3.46. The van der Waals surface area contributed by atoms with Crippen molar-refractivity contribution in [2.75, 3.05) is 13.7 Å². The SMILES string of the molecule is COC/C(=N\N)c1cccc(C)c1. The minimum atomic E-state index is 0.444. The highest BCUT2D eigenvalue weighted by atomic mass is 16.5. The van der Waals surface area contributed by atoms with E-state index in [2.05, 4.69) is 5.10 Å². The molecule has 0 fully saturated rings. The molecule has 0 bridgehead atoms. The minimum absolute atomic E-state index is 0.444. The van der Waals surface area contributed by atoms with Gasteiger partial charge in [0.15, 0.2) is 0 Å². The topological polar surface area (TPSA) is 47.6 Å². The third kappa shape index (κ3) is 2.56. The van der Waals surface area contributed by atoms with Gasteiger partial charge in [0.2, 0.25) is 0 Å². The fourth-order valence-electron chi connectivity index (χ4n) is 1.16. The van der Waals surface area contributed by atoms with Gasteiger partial charge in [-0.3, -0.25) is 0 Å². The van der Waals surface area contributed by atoms with Gasteiger partial charge in [0.1, 0.15) is 0 Å². The summed E-state index contributed by atoms with van der Waals surface area (Å²) in [5, 5.41) is 3.68. The monoisotopic (exact) mass is 178 g/mol.